The van der Waals surface area contributed by atoms with E-state index in [2.05, 4.69) is 4.98 Å². The minimum absolute atomic E-state index is 0.0881. The van der Waals surface area contributed by atoms with Crippen LogP contribution in [0.5, 0.6) is 0 Å². The lowest BCUT2D eigenvalue weighted by Gasteiger charge is -2.17. The van der Waals surface area contributed by atoms with Gasteiger partial charge in [-0.1, -0.05) is 6.07 Å². The van der Waals surface area contributed by atoms with Crippen molar-refractivity contribution in [3.8, 4) is 0 Å². The van der Waals surface area contributed by atoms with Gasteiger partial charge in [-0.25, -0.2) is 4.98 Å². The van der Waals surface area contributed by atoms with Gasteiger partial charge in [0, 0.05) is 25.7 Å². The standard InChI is InChI=1S/C17H14N4O5/c1-9-13(14-15(26-9)18-8-19(2)16(14)22)17(23)20-6-5-10-3-4-11(21(24)25)7-12(10)20/h3-4,7-8H,5-6H2,1-2H3. The number of anilines is 1. The van der Waals surface area contributed by atoms with E-state index in [1.807, 2.05) is 0 Å². The van der Waals surface area contributed by atoms with Gasteiger partial charge in [0.25, 0.3) is 17.2 Å². The Balaban J connectivity index is 1.87. The maximum absolute atomic E-state index is 13.2. The van der Waals surface area contributed by atoms with Crippen LogP contribution in [0, 0.1) is 17.0 Å². The van der Waals surface area contributed by atoms with Crippen molar-refractivity contribution in [1.29, 1.82) is 0 Å². The highest BCUT2D eigenvalue weighted by Crippen LogP contribution is 2.34. The molecule has 0 aliphatic carbocycles. The Hall–Kier alpha value is -3.49. The van der Waals surface area contributed by atoms with Crippen molar-refractivity contribution in [1.82, 2.24) is 9.55 Å². The fourth-order valence-corrected chi connectivity index (χ4v) is 3.27. The average Bonchev–Trinajstić information content (AvgIpc) is 3.18. The first kappa shape index (κ1) is 16.0. The van der Waals surface area contributed by atoms with Crippen molar-refractivity contribution in [2.24, 2.45) is 7.05 Å². The van der Waals surface area contributed by atoms with Crippen molar-refractivity contribution in [2.75, 3.05) is 11.4 Å². The number of hydrogen-bond acceptors (Lipinski definition) is 6. The summed E-state index contributed by atoms with van der Waals surface area (Å²) in [5.41, 5.74) is 1.11. The monoisotopic (exact) mass is 354 g/mol. The molecule has 0 unspecified atom stereocenters. The lowest BCUT2D eigenvalue weighted by molar-refractivity contribution is -0.384. The predicted octanol–water partition coefficient (Wildman–Crippen LogP) is 1.95. The van der Waals surface area contributed by atoms with Gasteiger partial charge in [-0.05, 0) is 18.9 Å². The zero-order valence-corrected chi connectivity index (χ0v) is 14.1. The van der Waals surface area contributed by atoms with E-state index in [9.17, 15) is 19.7 Å². The number of carbonyl (C=O) groups excluding carboxylic acids is 1. The number of carbonyl (C=O) groups is 1. The van der Waals surface area contributed by atoms with Gasteiger partial charge in [0.1, 0.15) is 17.5 Å². The molecule has 1 aromatic carbocycles. The maximum atomic E-state index is 13.2. The van der Waals surface area contributed by atoms with Gasteiger partial charge >= 0.3 is 0 Å². The van der Waals surface area contributed by atoms with E-state index in [4.69, 9.17) is 4.42 Å². The second-order valence-electron chi connectivity index (χ2n) is 6.15. The molecular formula is C17H14N4O5. The van der Waals surface area contributed by atoms with Crippen molar-refractivity contribution in [2.45, 2.75) is 13.3 Å². The molecule has 0 saturated carbocycles. The van der Waals surface area contributed by atoms with Crippen LogP contribution in [0.2, 0.25) is 0 Å². The van der Waals surface area contributed by atoms with Crippen LogP contribution in [0.15, 0.2) is 33.7 Å². The highest BCUT2D eigenvalue weighted by atomic mass is 16.6. The fourth-order valence-electron chi connectivity index (χ4n) is 3.27. The molecule has 0 spiro atoms. The van der Waals surface area contributed by atoms with E-state index in [0.717, 1.165) is 5.56 Å². The Morgan fingerprint density at radius 3 is 2.88 bits per heavy atom. The topological polar surface area (TPSA) is 111 Å². The number of aryl methyl sites for hydroxylation is 2. The van der Waals surface area contributed by atoms with Crippen molar-refractivity contribution in [3.63, 3.8) is 0 Å². The average molecular weight is 354 g/mol. The Morgan fingerprint density at radius 2 is 2.15 bits per heavy atom. The smallest absolute Gasteiger partial charge is 0.271 e. The van der Waals surface area contributed by atoms with E-state index >= 15 is 0 Å². The molecule has 2 aromatic heterocycles. The van der Waals surface area contributed by atoms with E-state index < -0.39 is 10.8 Å². The van der Waals surface area contributed by atoms with E-state index in [1.165, 1.54) is 27.9 Å². The third-order valence-corrected chi connectivity index (χ3v) is 4.58. The minimum atomic E-state index is -0.501. The van der Waals surface area contributed by atoms with E-state index in [-0.39, 0.29) is 27.9 Å². The molecule has 9 nitrogen and oxygen atoms in total. The summed E-state index contributed by atoms with van der Waals surface area (Å²) in [6.45, 7) is 1.97. The largest absolute Gasteiger partial charge is 0.442 e. The summed E-state index contributed by atoms with van der Waals surface area (Å²) in [5.74, 6) is -0.134. The van der Waals surface area contributed by atoms with Gasteiger partial charge in [0.2, 0.25) is 5.71 Å². The minimum Gasteiger partial charge on any atom is -0.442 e. The summed E-state index contributed by atoms with van der Waals surface area (Å²) >= 11 is 0. The van der Waals surface area contributed by atoms with Crippen LogP contribution in [0.4, 0.5) is 11.4 Å². The second-order valence-corrected chi connectivity index (χ2v) is 6.15. The van der Waals surface area contributed by atoms with Crippen LogP contribution >= 0.6 is 0 Å². The van der Waals surface area contributed by atoms with Crippen LogP contribution in [-0.2, 0) is 13.5 Å². The van der Waals surface area contributed by atoms with Gasteiger partial charge in [-0.2, -0.15) is 0 Å². The van der Waals surface area contributed by atoms with Gasteiger partial charge in [-0.3, -0.25) is 19.7 Å². The summed E-state index contributed by atoms with van der Waals surface area (Å²) < 4.78 is 6.76. The molecule has 1 amide bonds. The molecular weight excluding hydrogens is 340 g/mol. The normalized spacial score (nSPS) is 13.2. The number of aromatic nitrogens is 2. The van der Waals surface area contributed by atoms with E-state index in [0.29, 0.717) is 24.4 Å². The first-order valence-corrected chi connectivity index (χ1v) is 7.92. The molecule has 0 N–H and O–H groups in total. The first-order chi connectivity index (χ1) is 12.4. The zero-order valence-electron chi connectivity index (χ0n) is 14.1. The van der Waals surface area contributed by atoms with Crippen LogP contribution in [0.25, 0.3) is 11.1 Å². The molecule has 4 rings (SSSR count). The molecule has 132 valence electrons. The Morgan fingerprint density at radius 1 is 1.38 bits per heavy atom. The maximum Gasteiger partial charge on any atom is 0.271 e. The zero-order chi connectivity index (χ0) is 18.6. The fraction of sp³-hybridized carbons (Fsp3) is 0.235. The summed E-state index contributed by atoms with van der Waals surface area (Å²) in [6, 6.07) is 4.46. The Kier molecular flexibility index (Phi) is 3.39. The molecule has 3 aromatic rings. The Bertz CT molecular complexity index is 1140. The Labute approximate surface area is 146 Å². The number of nitro groups is 1. The van der Waals surface area contributed by atoms with Crippen LogP contribution in [0.1, 0.15) is 21.7 Å². The number of rotatable bonds is 2. The quantitative estimate of drug-likeness (QED) is 0.513. The number of furan rings is 1. The SMILES string of the molecule is Cc1oc2ncn(C)c(=O)c2c1C(=O)N1CCc2ccc([N+](=O)[O-])cc21. The number of hydrogen-bond donors (Lipinski definition) is 0. The third kappa shape index (κ3) is 2.20. The summed E-state index contributed by atoms with van der Waals surface area (Å²) in [7, 11) is 1.54. The second kappa shape index (κ2) is 5.51. The number of fused-ring (bicyclic) bond motifs is 2. The van der Waals surface area contributed by atoms with Gasteiger partial charge in [0.15, 0.2) is 0 Å². The molecule has 0 atom stereocenters. The van der Waals surface area contributed by atoms with Crippen LogP contribution in [-0.4, -0.2) is 26.9 Å². The number of benzene rings is 1. The first-order valence-electron chi connectivity index (χ1n) is 7.92. The summed E-state index contributed by atoms with van der Waals surface area (Å²) in [6.07, 6.45) is 1.92. The highest BCUT2D eigenvalue weighted by Gasteiger charge is 2.32. The van der Waals surface area contributed by atoms with Crippen LogP contribution < -0.4 is 10.5 Å². The number of amides is 1. The summed E-state index contributed by atoms with van der Waals surface area (Å²) in [4.78, 5) is 41.7. The van der Waals surface area contributed by atoms with Crippen LogP contribution in [0.3, 0.4) is 0 Å². The predicted molar refractivity (Wildman–Crippen MR) is 92.5 cm³/mol. The summed E-state index contributed by atoms with van der Waals surface area (Å²) in [5, 5.41) is 11.2. The number of non-ortho nitro benzene ring substituents is 1. The van der Waals surface area contributed by atoms with Gasteiger partial charge < -0.3 is 13.9 Å². The molecule has 0 radical (unpaired) electrons. The molecule has 0 fully saturated rings. The van der Waals surface area contributed by atoms with Crippen molar-refractivity contribution >= 4 is 28.4 Å². The number of nitro benzene ring substituents is 1. The molecule has 1 aliphatic rings. The lowest BCUT2D eigenvalue weighted by Crippen LogP contribution is -2.30. The highest BCUT2D eigenvalue weighted by molar-refractivity contribution is 6.14. The van der Waals surface area contributed by atoms with E-state index in [1.54, 1.807) is 20.0 Å². The van der Waals surface area contributed by atoms with Crippen molar-refractivity contribution in [3.05, 3.63) is 61.9 Å². The molecule has 3 heterocycles. The van der Waals surface area contributed by atoms with Crippen molar-refractivity contribution < 1.29 is 14.1 Å². The van der Waals surface area contributed by atoms with Gasteiger partial charge in [0.05, 0.1) is 16.2 Å². The third-order valence-electron chi connectivity index (χ3n) is 4.58. The lowest BCUT2D eigenvalue weighted by atomic mass is 10.1. The molecule has 1 aliphatic heterocycles. The van der Waals surface area contributed by atoms with Gasteiger partial charge in [-0.15, -0.1) is 0 Å². The molecule has 9 heteroatoms. The molecule has 26 heavy (non-hydrogen) atoms. The molecule has 0 saturated heterocycles. The molecule has 0 bridgehead atoms. The number of nitrogens with zero attached hydrogens (tertiary/aromatic N) is 4.